The number of halogens is 2. The Balaban J connectivity index is 2.23. The lowest BCUT2D eigenvalue weighted by Gasteiger charge is -2.05. The molecule has 0 spiro atoms. The minimum atomic E-state index is -0.685. The number of nitrogens with two attached hydrogens (primary N) is 1. The molecule has 0 unspecified atom stereocenters. The standard InChI is InChI=1S/C12H8ClFN2O2S/c13-7-2-1-6(5-8(7)14)12(18)16-9-3-4-19-10(9)11(15)17/h1-5H,(H2,15,17)(H,16,18). The molecule has 2 rings (SSSR count). The number of nitrogens with one attached hydrogen (secondary N) is 1. The van der Waals surface area contributed by atoms with Crippen molar-refractivity contribution in [3.63, 3.8) is 0 Å². The second-order valence-electron chi connectivity index (χ2n) is 3.61. The minimum absolute atomic E-state index is 0.0649. The van der Waals surface area contributed by atoms with Gasteiger partial charge in [-0.25, -0.2) is 4.39 Å². The fourth-order valence-electron chi connectivity index (χ4n) is 1.43. The predicted octanol–water partition coefficient (Wildman–Crippen LogP) is 2.89. The van der Waals surface area contributed by atoms with Gasteiger partial charge < -0.3 is 11.1 Å². The number of hydrogen-bond acceptors (Lipinski definition) is 3. The number of hydrogen-bond donors (Lipinski definition) is 2. The third-order valence-corrected chi connectivity index (χ3v) is 3.55. The Labute approximate surface area is 117 Å². The molecule has 98 valence electrons. The Morgan fingerprint density at radius 2 is 2.05 bits per heavy atom. The average molecular weight is 299 g/mol. The van der Waals surface area contributed by atoms with Crippen LogP contribution < -0.4 is 11.1 Å². The van der Waals surface area contributed by atoms with E-state index in [-0.39, 0.29) is 15.5 Å². The van der Waals surface area contributed by atoms with Gasteiger partial charge in [-0.1, -0.05) is 11.6 Å². The molecule has 2 amide bonds. The van der Waals surface area contributed by atoms with E-state index < -0.39 is 17.6 Å². The third kappa shape index (κ3) is 2.91. The van der Waals surface area contributed by atoms with Crippen molar-refractivity contribution < 1.29 is 14.0 Å². The van der Waals surface area contributed by atoms with Crippen LogP contribution in [0.4, 0.5) is 10.1 Å². The van der Waals surface area contributed by atoms with E-state index in [1.165, 1.54) is 12.1 Å². The number of amides is 2. The summed E-state index contributed by atoms with van der Waals surface area (Å²) in [4.78, 5) is 23.2. The Hall–Kier alpha value is -1.92. The fourth-order valence-corrected chi connectivity index (χ4v) is 2.25. The molecular formula is C12H8ClFN2O2S. The molecule has 1 heterocycles. The van der Waals surface area contributed by atoms with Crippen molar-refractivity contribution in [1.82, 2.24) is 0 Å². The highest BCUT2D eigenvalue weighted by molar-refractivity contribution is 7.12. The first-order valence-electron chi connectivity index (χ1n) is 5.12. The van der Waals surface area contributed by atoms with Gasteiger partial charge in [0.1, 0.15) is 10.7 Å². The van der Waals surface area contributed by atoms with Gasteiger partial charge in [0.05, 0.1) is 10.7 Å². The van der Waals surface area contributed by atoms with Crippen molar-refractivity contribution >= 4 is 40.4 Å². The second kappa shape index (κ2) is 5.38. The Morgan fingerprint density at radius 3 is 2.68 bits per heavy atom. The van der Waals surface area contributed by atoms with E-state index in [1.54, 1.807) is 11.4 Å². The fraction of sp³-hybridized carbons (Fsp3) is 0. The van der Waals surface area contributed by atoms with Crippen molar-refractivity contribution in [3.8, 4) is 0 Å². The van der Waals surface area contributed by atoms with Crippen molar-refractivity contribution in [2.45, 2.75) is 0 Å². The lowest BCUT2D eigenvalue weighted by molar-refractivity contribution is 0.100. The maximum absolute atomic E-state index is 13.2. The van der Waals surface area contributed by atoms with Crippen molar-refractivity contribution in [3.05, 3.63) is 50.9 Å². The molecule has 0 fully saturated rings. The van der Waals surface area contributed by atoms with Crippen LogP contribution in [-0.4, -0.2) is 11.8 Å². The maximum Gasteiger partial charge on any atom is 0.260 e. The van der Waals surface area contributed by atoms with Crippen LogP contribution in [-0.2, 0) is 0 Å². The van der Waals surface area contributed by atoms with E-state index in [0.29, 0.717) is 5.69 Å². The summed E-state index contributed by atoms with van der Waals surface area (Å²) in [5, 5.41) is 4.05. The number of carbonyl (C=O) groups excluding carboxylic acids is 2. The molecule has 0 aliphatic heterocycles. The van der Waals surface area contributed by atoms with Crippen molar-refractivity contribution in [2.24, 2.45) is 5.73 Å². The van der Waals surface area contributed by atoms with Crippen LogP contribution in [0.3, 0.4) is 0 Å². The van der Waals surface area contributed by atoms with E-state index in [2.05, 4.69) is 5.32 Å². The van der Waals surface area contributed by atoms with Crippen LogP contribution in [0.5, 0.6) is 0 Å². The summed E-state index contributed by atoms with van der Waals surface area (Å²) in [6.45, 7) is 0. The summed E-state index contributed by atoms with van der Waals surface area (Å²) in [6.07, 6.45) is 0. The quantitative estimate of drug-likeness (QED) is 0.914. The van der Waals surface area contributed by atoms with Gasteiger partial charge in [-0.2, -0.15) is 0 Å². The van der Waals surface area contributed by atoms with E-state index in [0.717, 1.165) is 17.4 Å². The highest BCUT2D eigenvalue weighted by atomic mass is 35.5. The Kier molecular flexibility index (Phi) is 3.82. The third-order valence-electron chi connectivity index (χ3n) is 2.32. The molecule has 0 aliphatic rings. The van der Waals surface area contributed by atoms with Gasteiger partial charge >= 0.3 is 0 Å². The molecular weight excluding hydrogens is 291 g/mol. The van der Waals surface area contributed by atoms with Crippen LogP contribution in [0, 0.1) is 5.82 Å². The first-order valence-corrected chi connectivity index (χ1v) is 6.38. The van der Waals surface area contributed by atoms with Gasteiger partial charge in [-0.3, -0.25) is 9.59 Å². The van der Waals surface area contributed by atoms with Gasteiger partial charge in [0.2, 0.25) is 0 Å². The van der Waals surface area contributed by atoms with E-state index >= 15 is 0 Å². The molecule has 0 saturated carbocycles. The first-order chi connectivity index (χ1) is 8.99. The first kappa shape index (κ1) is 13.5. The van der Waals surface area contributed by atoms with Crippen LogP contribution >= 0.6 is 22.9 Å². The smallest absolute Gasteiger partial charge is 0.260 e. The van der Waals surface area contributed by atoms with Gasteiger partial charge in [0.25, 0.3) is 11.8 Å². The highest BCUT2D eigenvalue weighted by Crippen LogP contribution is 2.23. The van der Waals surface area contributed by atoms with E-state index in [9.17, 15) is 14.0 Å². The molecule has 3 N–H and O–H groups in total. The second-order valence-corrected chi connectivity index (χ2v) is 4.93. The Morgan fingerprint density at radius 1 is 1.32 bits per heavy atom. The average Bonchev–Trinajstić information content (AvgIpc) is 2.80. The highest BCUT2D eigenvalue weighted by Gasteiger charge is 2.14. The molecule has 0 bridgehead atoms. The normalized spacial score (nSPS) is 10.2. The summed E-state index contributed by atoms with van der Waals surface area (Å²) in [7, 11) is 0. The van der Waals surface area contributed by atoms with Gasteiger partial charge in [-0.05, 0) is 29.6 Å². The summed E-state index contributed by atoms with van der Waals surface area (Å²) in [6, 6.07) is 5.24. The van der Waals surface area contributed by atoms with Crippen LogP contribution in [0.25, 0.3) is 0 Å². The molecule has 0 radical (unpaired) electrons. The minimum Gasteiger partial charge on any atom is -0.365 e. The lowest BCUT2D eigenvalue weighted by atomic mass is 10.2. The van der Waals surface area contributed by atoms with Gasteiger partial charge in [0, 0.05) is 5.56 Å². The topological polar surface area (TPSA) is 72.2 Å². The molecule has 7 heteroatoms. The van der Waals surface area contributed by atoms with Crippen LogP contribution in [0.2, 0.25) is 5.02 Å². The van der Waals surface area contributed by atoms with E-state index in [1.807, 2.05) is 0 Å². The van der Waals surface area contributed by atoms with E-state index in [4.69, 9.17) is 17.3 Å². The van der Waals surface area contributed by atoms with Gasteiger partial charge in [0.15, 0.2) is 0 Å². The Bertz CT molecular complexity index is 657. The van der Waals surface area contributed by atoms with Crippen molar-refractivity contribution in [2.75, 3.05) is 5.32 Å². The predicted molar refractivity (Wildman–Crippen MR) is 72.2 cm³/mol. The molecule has 4 nitrogen and oxygen atoms in total. The maximum atomic E-state index is 13.2. The number of carbonyl (C=O) groups is 2. The zero-order chi connectivity index (χ0) is 14.0. The zero-order valence-corrected chi connectivity index (χ0v) is 11.0. The summed E-state index contributed by atoms with van der Waals surface area (Å²) in [5.41, 5.74) is 5.56. The molecule has 1 aromatic heterocycles. The number of primary amides is 1. The summed E-state index contributed by atoms with van der Waals surface area (Å²) < 4.78 is 13.2. The SMILES string of the molecule is NC(=O)c1sccc1NC(=O)c1ccc(Cl)c(F)c1. The number of rotatable bonds is 3. The summed E-state index contributed by atoms with van der Waals surface area (Å²) in [5.74, 6) is -1.86. The lowest BCUT2D eigenvalue weighted by Crippen LogP contribution is -2.16. The molecule has 1 aromatic carbocycles. The summed E-state index contributed by atoms with van der Waals surface area (Å²) >= 11 is 6.64. The molecule has 19 heavy (non-hydrogen) atoms. The van der Waals surface area contributed by atoms with Gasteiger partial charge in [-0.15, -0.1) is 11.3 Å². The number of benzene rings is 1. The zero-order valence-electron chi connectivity index (χ0n) is 9.44. The van der Waals surface area contributed by atoms with Crippen LogP contribution in [0.15, 0.2) is 29.6 Å². The largest absolute Gasteiger partial charge is 0.365 e. The molecule has 0 saturated heterocycles. The monoisotopic (exact) mass is 298 g/mol. The van der Waals surface area contributed by atoms with Crippen LogP contribution in [0.1, 0.15) is 20.0 Å². The number of thiophene rings is 1. The molecule has 0 atom stereocenters. The molecule has 2 aromatic rings. The van der Waals surface area contributed by atoms with Crippen molar-refractivity contribution in [1.29, 1.82) is 0 Å². The number of anilines is 1. The molecule has 0 aliphatic carbocycles.